The molecule has 0 unspecified atom stereocenters. The summed E-state index contributed by atoms with van der Waals surface area (Å²) in [5.74, 6) is 1.50. The Hall–Kier alpha value is -3.13. The molecular formula is C22H22BrN5O2. The van der Waals surface area contributed by atoms with Crippen molar-refractivity contribution < 1.29 is 9.47 Å². The van der Waals surface area contributed by atoms with Crippen LogP contribution in [0.25, 0.3) is 28.2 Å². The van der Waals surface area contributed by atoms with E-state index in [0.29, 0.717) is 19.1 Å². The molecule has 0 aliphatic carbocycles. The van der Waals surface area contributed by atoms with Crippen molar-refractivity contribution in [2.45, 2.75) is 6.42 Å². The van der Waals surface area contributed by atoms with Gasteiger partial charge in [-0.15, -0.1) is 0 Å². The molecule has 154 valence electrons. The lowest BCUT2D eigenvalue weighted by atomic mass is 10.2. The molecule has 3 aromatic heterocycles. The van der Waals surface area contributed by atoms with Crippen LogP contribution in [0, 0.1) is 0 Å². The van der Waals surface area contributed by atoms with Crippen LogP contribution < -0.4 is 9.47 Å². The van der Waals surface area contributed by atoms with Gasteiger partial charge >= 0.3 is 0 Å². The minimum absolute atomic E-state index is 0.502. The molecule has 0 radical (unpaired) electrons. The number of ether oxygens (including phenoxy) is 2. The molecule has 0 aliphatic heterocycles. The molecule has 0 fully saturated rings. The molecule has 0 bridgehead atoms. The number of halogens is 1. The topological polar surface area (TPSA) is 67.0 Å². The van der Waals surface area contributed by atoms with Crippen LogP contribution in [0.4, 0.5) is 0 Å². The first kappa shape index (κ1) is 20.2. The normalized spacial score (nSPS) is 11.0. The van der Waals surface area contributed by atoms with Gasteiger partial charge in [-0.1, -0.05) is 30.9 Å². The van der Waals surface area contributed by atoms with Crippen molar-refractivity contribution in [3.8, 4) is 22.9 Å². The van der Waals surface area contributed by atoms with E-state index in [-0.39, 0.29) is 0 Å². The number of benzene rings is 1. The zero-order valence-electron chi connectivity index (χ0n) is 16.9. The van der Waals surface area contributed by atoms with E-state index in [4.69, 9.17) is 9.47 Å². The summed E-state index contributed by atoms with van der Waals surface area (Å²) in [7, 11) is 3.75. The highest BCUT2D eigenvalue weighted by atomic mass is 79.9. The van der Waals surface area contributed by atoms with Crippen molar-refractivity contribution in [3.63, 3.8) is 0 Å². The number of fused-ring (bicyclic) bond motifs is 1. The fourth-order valence-corrected chi connectivity index (χ4v) is 3.78. The van der Waals surface area contributed by atoms with Gasteiger partial charge in [-0.25, -0.2) is 4.68 Å². The molecule has 1 aromatic carbocycles. The van der Waals surface area contributed by atoms with Gasteiger partial charge in [0, 0.05) is 31.5 Å². The molecule has 0 spiro atoms. The second kappa shape index (κ2) is 8.71. The fourth-order valence-electron chi connectivity index (χ4n) is 3.22. The third-order valence-electron chi connectivity index (χ3n) is 4.78. The third-order valence-corrected chi connectivity index (χ3v) is 5.36. The van der Waals surface area contributed by atoms with Crippen LogP contribution >= 0.6 is 15.9 Å². The summed E-state index contributed by atoms with van der Waals surface area (Å²) in [5, 5.41) is 9.72. The van der Waals surface area contributed by atoms with E-state index in [1.807, 2.05) is 50.6 Å². The zero-order chi connectivity index (χ0) is 21.1. The number of para-hydroxylation sites is 1. The summed E-state index contributed by atoms with van der Waals surface area (Å²) < 4.78 is 16.2. The molecule has 7 nitrogen and oxygen atoms in total. The molecule has 0 N–H and O–H groups in total. The van der Waals surface area contributed by atoms with Gasteiger partial charge in [-0.3, -0.25) is 9.67 Å². The Bertz CT molecular complexity index is 1200. The lowest BCUT2D eigenvalue weighted by Gasteiger charge is -2.11. The van der Waals surface area contributed by atoms with Gasteiger partial charge in [-0.05, 0) is 28.1 Å². The maximum atomic E-state index is 6.03. The number of nitrogens with zero attached hydrogens (tertiary/aromatic N) is 5. The van der Waals surface area contributed by atoms with Crippen LogP contribution in [0.5, 0.6) is 11.6 Å². The Morgan fingerprint density at radius 3 is 2.73 bits per heavy atom. The van der Waals surface area contributed by atoms with Crippen molar-refractivity contribution in [2.75, 3.05) is 13.2 Å². The fraction of sp³-hybridized carbons (Fsp3) is 0.227. The first-order valence-electron chi connectivity index (χ1n) is 9.56. The Morgan fingerprint density at radius 2 is 1.90 bits per heavy atom. The summed E-state index contributed by atoms with van der Waals surface area (Å²) in [6.45, 7) is 4.86. The molecule has 0 aliphatic rings. The van der Waals surface area contributed by atoms with Crippen molar-refractivity contribution >= 4 is 32.9 Å². The molecular weight excluding hydrogens is 446 g/mol. The minimum Gasteiger partial charge on any atom is -0.493 e. The number of aryl methyl sites for hydroxylation is 2. The molecule has 30 heavy (non-hydrogen) atoms. The second-order valence-corrected chi connectivity index (χ2v) is 7.53. The maximum Gasteiger partial charge on any atom is 0.221 e. The Kier molecular flexibility index (Phi) is 5.85. The van der Waals surface area contributed by atoms with Crippen LogP contribution in [0.3, 0.4) is 0 Å². The van der Waals surface area contributed by atoms with Gasteiger partial charge in [0.15, 0.2) is 0 Å². The van der Waals surface area contributed by atoms with E-state index >= 15 is 0 Å². The highest BCUT2D eigenvalue weighted by molar-refractivity contribution is 9.10. The van der Waals surface area contributed by atoms with E-state index < -0.39 is 0 Å². The quantitative estimate of drug-likeness (QED) is 0.353. The third kappa shape index (κ3) is 3.95. The number of aromatic nitrogens is 5. The first-order valence-corrected chi connectivity index (χ1v) is 10.4. The molecule has 0 saturated heterocycles. The minimum atomic E-state index is 0.502. The van der Waals surface area contributed by atoms with E-state index in [9.17, 15) is 0 Å². The van der Waals surface area contributed by atoms with E-state index in [1.54, 1.807) is 21.6 Å². The molecule has 0 saturated carbocycles. The van der Waals surface area contributed by atoms with Gasteiger partial charge < -0.3 is 9.47 Å². The van der Waals surface area contributed by atoms with Crippen molar-refractivity contribution in [3.05, 3.63) is 59.5 Å². The average molecular weight is 468 g/mol. The van der Waals surface area contributed by atoms with Crippen LogP contribution in [-0.4, -0.2) is 37.8 Å². The van der Waals surface area contributed by atoms with Crippen molar-refractivity contribution in [1.82, 2.24) is 24.5 Å². The molecule has 4 rings (SSSR count). The van der Waals surface area contributed by atoms with Crippen molar-refractivity contribution in [1.29, 1.82) is 0 Å². The van der Waals surface area contributed by atoms with Crippen LogP contribution in [-0.2, 0) is 14.1 Å². The predicted molar refractivity (Wildman–Crippen MR) is 121 cm³/mol. The average Bonchev–Trinajstić information content (AvgIpc) is 3.26. The summed E-state index contributed by atoms with van der Waals surface area (Å²) >= 11 is 3.50. The summed E-state index contributed by atoms with van der Waals surface area (Å²) in [6.07, 6.45) is 6.10. The van der Waals surface area contributed by atoms with Crippen molar-refractivity contribution in [2.24, 2.45) is 14.1 Å². The molecule has 8 heteroatoms. The van der Waals surface area contributed by atoms with Crippen LogP contribution in [0.2, 0.25) is 0 Å². The largest absolute Gasteiger partial charge is 0.493 e. The summed E-state index contributed by atoms with van der Waals surface area (Å²) in [5.41, 5.74) is 3.56. The highest BCUT2D eigenvalue weighted by Crippen LogP contribution is 2.32. The lowest BCUT2D eigenvalue weighted by Crippen LogP contribution is -2.08. The smallest absolute Gasteiger partial charge is 0.221 e. The Labute approximate surface area is 183 Å². The van der Waals surface area contributed by atoms with Gasteiger partial charge in [0.2, 0.25) is 5.88 Å². The van der Waals surface area contributed by atoms with Gasteiger partial charge in [0.25, 0.3) is 0 Å². The van der Waals surface area contributed by atoms with E-state index in [2.05, 4.69) is 37.7 Å². The second-order valence-electron chi connectivity index (χ2n) is 6.78. The number of hydrogen-bond acceptors (Lipinski definition) is 5. The monoisotopic (exact) mass is 467 g/mol. The van der Waals surface area contributed by atoms with E-state index in [1.165, 1.54) is 0 Å². The maximum absolute atomic E-state index is 6.03. The number of pyridine rings is 1. The number of rotatable bonds is 8. The lowest BCUT2D eigenvalue weighted by molar-refractivity contribution is 0.236. The Morgan fingerprint density at radius 1 is 1.10 bits per heavy atom. The highest BCUT2D eigenvalue weighted by Gasteiger charge is 2.16. The van der Waals surface area contributed by atoms with Gasteiger partial charge in [0.1, 0.15) is 10.4 Å². The first-order chi connectivity index (χ1) is 14.6. The zero-order valence-corrected chi connectivity index (χ0v) is 18.5. The SMILES string of the molecule is C=Cc1ccccc1OCCCOc1c(-c2cc3c(Br)nn(C)c3cn2)cnn1C. The van der Waals surface area contributed by atoms with Crippen LogP contribution in [0.15, 0.2) is 53.9 Å². The standard InChI is InChI=1S/C22H22BrN5O2/c1-4-15-8-5-6-9-20(15)29-10-7-11-30-22-17(13-25-28(22)3)18-12-16-19(14-24-18)27(2)26-21(16)23/h4-6,8-9,12-14H,1,7,10-11H2,2-3H3. The van der Waals surface area contributed by atoms with Gasteiger partial charge in [0.05, 0.1) is 42.4 Å². The Balaban J connectivity index is 1.43. The van der Waals surface area contributed by atoms with Crippen LogP contribution in [0.1, 0.15) is 12.0 Å². The molecule has 3 heterocycles. The molecule has 4 aromatic rings. The predicted octanol–water partition coefficient (Wildman–Crippen LogP) is 4.62. The summed E-state index contributed by atoms with van der Waals surface area (Å²) in [6, 6.07) is 9.82. The van der Waals surface area contributed by atoms with E-state index in [0.717, 1.165) is 44.5 Å². The molecule has 0 amide bonds. The number of hydrogen-bond donors (Lipinski definition) is 0. The van der Waals surface area contributed by atoms with Gasteiger partial charge in [-0.2, -0.15) is 10.2 Å². The molecule has 0 atom stereocenters. The summed E-state index contributed by atoms with van der Waals surface area (Å²) in [4.78, 5) is 4.58.